The molecule has 0 radical (unpaired) electrons. The van der Waals surface area contributed by atoms with E-state index in [1.165, 1.54) is 11.0 Å². The van der Waals surface area contributed by atoms with Crippen LogP contribution in [0.5, 0.6) is 0 Å². The van der Waals surface area contributed by atoms with Gasteiger partial charge < -0.3 is 14.2 Å². The SMILES string of the molecule is Cc1cc(C(=O)C[NH+]2C[C@@H](C)O[C@@H](C)C2)c(C)n1-c1ccc(F)c(Cl)c1. The zero-order valence-corrected chi connectivity index (χ0v) is 16.4. The Balaban J connectivity index is 1.85. The summed E-state index contributed by atoms with van der Waals surface area (Å²) in [6.07, 6.45) is 0.325. The van der Waals surface area contributed by atoms with Crippen LogP contribution in [0.1, 0.15) is 35.6 Å². The number of morpholine rings is 1. The van der Waals surface area contributed by atoms with E-state index in [2.05, 4.69) is 0 Å². The van der Waals surface area contributed by atoms with Crippen LogP contribution in [0.15, 0.2) is 24.3 Å². The minimum absolute atomic E-state index is 0.0728. The van der Waals surface area contributed by atoms with Gasteiger partial charge in [0.15, 0.2) is 0 Å². The van der Waals surface area contributed by atoms with E-state index in [1.807, 2.05) is 38.3 Å². The highest BCUT2D eigenvalue weighted by Gasteiger charge is 2.28. The molecule has 26 heavy (non-hydrogen) atoms. The lowest BCUT2D eigenvalue weighted by molar-refractivity contribution is -0.906. The summed E-state index contributed by atoms with van der Waals surface area (Å²) in [4.78, 5) is 14.2. The first-order valence-electron chi connectivity index (χ1n) is 8.93. The van der Waals surface area contributed by atoms with Gasteiger partial charge in [-0.25, -0.2) is 4.39 Å². The second-order valence-electron chi connectivity index (χ2n) is 7.23. The number of nitrogens with zero attached hydrogens (tertiary/aromatic N) is 1. The minimum Gasteiger partial charge on any atom is -0.364 e. The molecule has 2 aromatic rings. The monoisotopic (exact) mass is 379 g/mol. The zero-order valence-electron chi connectivity index (χ0n) is 15.6. The lowest BCUT2D eigenvalue weighted by Gasteiger charge is -2.31. The van der Waals surface area contributed by atoms with Gasteiger partial charge in [0, 0.05) is 22.6 Å². The fourth-order valence-corrected chi connectivity index (χ4v) is 4.10. The highest BCUT2D eigenvalue weighted by Crippen LogP contribution is 2.24. The van der Waals surface area contributed by atoms with Crippen LogP contribution in [-0.4, -0.2) is 42.2 Å². The maximum atomic E-state index is 13.5. The molecule has 0 spiro atoms. The summed E-state index contributed by atoms with van der Waals surface area (Å²) >= 11 is 5.92. The van der Waals surface area contributed by atoms with Crippen molar-refractivity contribution in [3.05, 3.63) is 52.1 Å². The summed E-state index contributed by atoms with van der Waals surface area (Å²) in [5.41, 5.74) is 3.24. The molecule has 1 unspecified atom stereocenters. The van der Waals surface area contributed by atoms with Crippen LogP contribution in [0, 0.1) is 19.7 Å². The van der Waals surface area contributed by atoms with Crippen molar-refractivity contribution in [3.8, 4) is 5.69 Å². The summed E-state index contributed by atoms with van der Waals surface area (Å²) in [6.45, 7) is 10.1. The van der Waals surface area contributed by atoms with Crippen molar-refractivity contribution < 1.29 is 18.8 Å². The molecule has 1 N–H and O–H groups in total. The number of hydrogen-bond donors (Lipinski definition) is 1. The number of rotatable bonds is 4. The average Bonchev–Trinajstić information content (AvgIpc) is 2.84. The second-order valence-corrected chi connectivity index (χ2v) is 7.64. The van der Waals surface area contributed by atoms with Crippen LogP contribution in [0.2, 0.25) is 5.02 Å². The number of ketones is 1. The van der Waals surface area contributed by atoms with Gasteiger partial charge in [-0.15, -0.1) is 0 Å². The molecular weight excluding hydrogens is 355 g/mol. The lowest BCUT2D eigenvalue weighted by atomic mass is 10.1. The van der Waals surface area contributed by atoms with Gasteiger partial charge in [0.25, 0.3) is 0 Å². The number of quaternary nitrogens is 1. The van der Waals surface area contributed by atoms with Crippen molar-refractivity contribution >= 4 is 17.4 Å². The fourth-order valence-electron chi connectivity index (χ4n) is 3.92. The number of carbonyl (C=O) groups is 1. The van der Waals surface area contributed by atoms with Gasteiger partial charge in [-0.1, -0.05) is 11.6 Å². The van der Waals surface area contributed by atoms with Crippen LogP contribution in [-0.2, 0) is 4.74 Å². The molecule has 1 aliphatic rings. The van der Waals surface area contributed by atoms with E-state index in [1.54, 1.807) is 12.1 Å². The Kier molecular flexibility index (Phi) is 5.51. The zero-order chi connectivity index (χ0) is 19.0. The maximum Gasteiger partial charge on any atom is 0.218 e. The van der Waals surface area contributed by atoms with Gasteiger partial charge in [-0.05, 0) is 52.0 Å². The van der Waals surface area contributed by atoms with Gasteiger partial charge in [-0.2, -0.15) is 0 Å². The summed E-state index contributed by atoms with van der Waals surface area (Å²) < 4.78 is 21.2. The molecule has 1 aromatic heterocycles. The number of benzene rings is 1. The molecule has 1 fully saturated rings. The van der Waals surface area contributed by atoms with Crippen LogP contribution in [0.3, 0.4) is 0 Å². The maximum absolute atomic E-state index is 13.5. The first kappa shape index (κ1) is 19.1. The highest BCUT2D eigenvalue weighted by molar-refractivity contribution is 6.30. The van der Waals surface area contributed by atoms with Gasteiger partial charge in [0.2, 0.25) is 5.78 Å². The fraction of sp³-hybridized carbons (Fsp3) is 0.450. The topological polar surface area (TPSA) is 35.7 Å². The summed E-state index contributed by atoms with van der Waals surface area (Å²) in [5.74, 6) is -0.331. The van der Waals surface area contributed by atoms with E-state index in [4.69, 9.17) is 16.3 Å². The molecule has 0 bridgehead atoms. The Bertz CT molecular complexity index is 823. The summed E-state index contributed by atoms with van der Waals surface area (Å²) in [7, 11) is 0. The van der Waals surface area contributed by atoms with Crippen LogP contribution in [0.25, 0.3) is 5.69 Å². The Morgan fingerprint density at radius 2 is 1.92 bits per heavy atom. The molecule has 0 aliphatic carbocycles. The largest absolute Gasteiger partial charge is 0.364 e. The Hall–Kier alpha value is -1.69. The number of ether oxygens (including phenoxy) is 1. The number of halogens is 2. The number of Topliss-reactive ketones (excluding diaryl/α,β-unsaturated/α-hetero) is 1. The van der Waals surface area contributed by atoms with E-state index >= 15 is 0 Å². The van der Waals surface area contributed by atoms with Crippen molar-refractivity contribution in [2.45, 2.75) is 39.9 Å². The average molecular weight is 380 g/mol. The summed E-state index contributed by atoms with van der Waals surface area (Å²) in [5, 5.41) is 0.0728. The summed E-state index contributed by atoms with van der Waals surface area (Å²) in [6, 6.07) is 6.51. The van der Waals surface area contributed by atoms with E-state index in [9.17, 15) is 9.18 Å². The molecule has 3 atom stereocenters. The lowest BCUT2D eigenvalue weighted by Crippen LogP contribution is -3.16. The van der Waals surface area contributed by atoms with Crippen LogP contribution < -0.4 is 4.90 Å². The van der Waals surface area contributed by atoms with Crippen molar-refractivity contribution in [1.82, 2.24) is 4.57 Å². The number of hydrogen-bond acceptors (Lipinski definition) is 2. The van der Waals surface area contributed by atoms with E-state index in [-0.39, 0.29) is 23.0 Å². The smallest absolute Gasteiger partial charge is 0.218 e. The van der Waals surface area contributed by atoms with Crippen LogP contribution >= 0.6 is 11.6 Å². The molecule has 6 heteroatoms. The third kappa shape index (κ3) is 3.85. The highest BCUT2D eigenvalue weighted by atomic mass is 35.5. The predicted molar refractivity (Wildman–Crippen MR) is 100 cm³/mol. The van der Waals surface area contributed by atoms with Crippen molar-refractivity contribution in [2.24, 2.45) is 0 Å². The molecule has 1 aromatic carbocycles. The van der Waals surface area contributed by atoms with E-state index in [0.717, 1.165) is 30.2 Å². The normalized spacial score (nSPS) is 23.2. The third-order valence-electron chi connectivity index (χ3n) is 4.92. The molecule has 3 rings (SSSR count). The van der Waals surface area contributed by atoms with Crippen molar-refractivity contribution in [2.75, 3.05) is 19.6 Å². The Morgan fingerprint density at radius 1 is 1.27 bits per heavy atom. The van der Waals surface area contributed by atoms with Gasteiger partial charge >= 0.3 is 0 Å². The third-order valence-corrected chi connectivity index (χ3v) is 5.21. The standard InChI is InChI=1S/C20H24ClFN2O2/c1-12-7-17(20(25)11-23-9-13(2)26-14(3)10-23)15(4)24(12)16-5-6-19(22)18(21)8-16/h5-8,13-14H,9-11H2,1-4H3/p+1/t13-,14+. The first-order chi connectivity index (χ1) is 12.3. The van der Waals surface area contributed by atoms with Crippen molar-refractivity contribution in [3.63, 3.8) is 0 Å². The van der Waals surface area contributed by atoms with Gasteiger partial charge in [0.05, 0.1) is 5.02 Å². The van der Waals surface area contributed by atoms with Gasteiger partial charge in [0.1, 0.15) is 37.7 Å². The molecule has 2 heterocycles. The molecule has 140 valence electrons. The Labute approximate surface area is 158 Å². The second kappa shape index (κ2) is 7.51. The quantitative estimate of drug-likeness (QED) is 0.829. The van der Waals surface area contributed by atoms with E-state index < -0.39 is 5.82 Å². The Morgan fingerprint density at radius 3 is 2.54 bits per heavy atom. The first-order valence-corrected chi connectivity index (χ1v) is 9.30. The molecule has 1 aliphatic heterocycles. The molecule has 0 saturated carbocycles. The minimum atomic E-state index is -0.451. The number of aromatic nitrogens is 1. The number of nitrogens with one attached hydrogen (secondary N) is 1. The molecule has 1 saturated heterocycles. The molecule has 4 nitrogen and oxygen atoms in total. The number of carbonyl (C=O) groups excluding carboxylic acids is 1. The number of aryl methyl sites for hydroxylation is 1. The molecule has 0 amide bonds. The predicted octanol–water partition coefficient (Wildman–Crippen LogP) is 2.76. The van der Waals surface area contributed by atoms with Crippen LogP contribution in [0.4, 0.5) is 4.39 Å². The van der Waals surface area contributed by atoms with Gasteiger partial charge in [-0.3, -0.25) is 4.79 Å². The van der Waals surface area contributed by atoms with E-state index in [0.29, 0.717) is 12.1 Å². The molecular formula is C20H25ClFN2O2+. The van der Waals surface area contributed by atoms with Crippen molar-refractivity contribution in [1.29, 1.82) is 0 Å².